The van der Waals surface area contributed by atoms with Crippen LogP contribution in [0.2, 0.25) is 0 Å². The van der Waals surface area contributed by atoms with Crippen LogP contribution < -0.4 is 9.47 Å². The number of ether oxygens (including phenoxy) is 3. The number of fused-ring (bicyclic) bond motifs is 1. The monoisotopic (exact) mass is 436 g/mol. The lowest BCUT2D eigenvalue weighted by Gasteiger charge is -2.39. The molecular formula is C20H20O11. The van der Waals surface area contributed by atoms with Gasteiger partial charge in [-0.1, -0.05) is 6.07 Å². The average Bonchev–Trinajstić information content (AvgIpc) is 3.09. The van der Waals surface area contributed by atoms with Gasteiger partial charge in [0.25, 0.3) is 0 Å². The van der Waals surface area contributed by atoms with E-state index in [1.165, 1.54) is 24.3 Å². The normalized spacial score (nSPS) is 30.0. The van der Waals surface area contributed by atoms with Crippen molar-refractivity contribution in [3.8, 4) is 28.7 Å². The number of carbonyl (C=O) groups excluding carboxylic acids is 1. The number of phenols is 3. The quantitative estimate of drug-likeness (QED) is 0.300. The number of ketones is 1. The summed E-state index contributed by atoms with van der Waals surface area (Å²) in [6, 6.07) is 6.28. The molecule has 0 aliphatic carbocycles. The zero-order valence-electron chi connectivity index (χ0n) is 15.8. The fraction of sp³-hybridized carbons (Fsp3) is 0.350. The molecule has 2 aliphatic heterocycles. The van der Waals surface area contributed by atoms with Gasteiger partial charge < -0.3 is 50.0 Å². The average molecular weight is 436 g/mol. The molecule has 1 saturated heterocycles. The highest BCUT2D eigenvalue weighted by atomic mass is 16.7. The van der Waals surface area contributed by atoms with Gasteiger partial charge in [-0.05, 0) is 24.3 Å². The van der Waals surface area contributed by atoms with Crippen LogP contribution in [0.5, 0.6) is 28.7 Å². The SMILES string of the molecule is O=C1c2ccc(O[C@@H]3O[C@H](CO)[C@@H](O)[C@@H](O)[C@@H]3O)c(O)c2O[C@H]1c1ccc(O)c(O)c1. The molecule has 0 aromatic heterocycles. The molecule has 7 N–H and O–H groups in total. The Balaban J connectivity index is 1.59. The predicted molar refractivity (Wildman–Crippen MR) is 100.0 cm³/mol. The van der Waals surface area contributed by atoms with Gasteiger partial charge in [0.2, 0.25) is 17.8 Å². The van der Waals surface area contributed by atoms with Crippen molar-refractivity contribution in [1.29, 1.82) is 0 Å². The highest BCUT2D eigenvalue weighted by Gasteiger charge is 2.45. The van der Waals surface area contributed by atoms with Gasteiger partial charge in [0.05, 0.1) is 12.2 Å². The second-order valence-electron chi connectivity index (χ2n) is 7.21. The minimum Gasteiger partial charge on any atom is -0.504 e. The fourth-order valence-electron chi connectivity index (χ4n) is 3.49. The first-order valence-corrected chi connectivity index (χ1v) is 9.28. The summed E-state index contributed by atoms with van der Waals surface area (Å²) in [6.07, 6.45) is -8.87. The van der Waals surface area contributed by atoms with E-state index in [2.05, 4.69) is 0 Å². The van der Waals surface area contributed by atoms with E-state index in [9.17, 15) is 40.5 Å². The van der Waals surface area contributed by atoms with Crippen molar-refractivity contribution in [2.45, 2.75) is 36.8 Å². The number of phenolic OH excluding ortho intramolecular Hbond substituents is 3. The molecule has 2 aromatic carbocycles. The molecule has 6 atom stereocenters. The zero-order valence-corrected chi connectivity index (χ0v) is 15.8. The minimum atomic E-state index is -1.69. The summed E-state index contributed by atoms with van der Waals surface area (Å²) in [5, 5.41) is 68.7. The van der Waals surface area contributed by atoms with E-state index in [0.717, 1.165) is 6.07 Å². The van der Waals surface area contributed by atoms with Crippen LogP contribution in [0.15, 0.2) is 30.3 Å². The molecule has 0 spiro atoms. The van der Waals surface area contributed by atoms with Crippen molar-refractivity contribution in [3.63, 3.8) is 0 Å². The lowest BCUT2D eigenvalue weighted by Crippen LogP contribution is -2.60. The van der Waals surface area contributed by atoms with E-state index in [1.807, 2.05) is 0 Å². The van der Waals surface area contributed by atoms with Gasteiger partial charge in [-0.2, -0.15) is 0 Å². The largest absolute Gasteiger partial charge is 0.504 e. The molecule has 0 radical (unpaired) electrons. The number of carbonyl (C=O) groups is 1. The highest BCUT2D eigenvalue weighted by Crippen LogP contribution is 2.48. The van der Waals surface area contributed by atoms with Gasteiger partial charge >= 0.3 is 0 Å². The van der Waals surface area contributed by atoms with Crippen molar-refractivity contribution in [2.24, 2.45) is 0 Å². The van der Waals surface area contributed by atoms with Crippen molar-refractivity contribution in [1.82, 2.24) is 0 Å². The van der Waals surface area contributed by atoms with Gasteiger partial charge in [-0.25, -0.2) is 0 Å². The summed E-state index contributed by atoms with van der Waals surface area (Å²) in [5.74, 6) is -2.34. The van der Waals surface area contributed by atoms with Gasteiger partial charge in [-0.3, -0.25) is 4.79 Å². The summed E-state index contributed by atoms with van der Waals surface area (Å²) in [6.45, 7) is -0.653. The van der Waals surface area contributed by atoms with Crippen LogP contribution >= 0.6 is 0 Å². The third kappa shape index (κ3) is 3.52. The molecule has 2 aliphatic rings. The number of hydrogen-bond acceptors (Lipinski definition) is 11. The van der Waals surface area contributed by atoms with E-state index in [4.69, 9.17) is 14.2 Å². The standard InChI is InChI=1S/C20H20O11/c21-6-12-14(25)16(27)17(28)20(30-12)29-11-4-2-8-13(24)18(31-19(8)15(11)26)7-1-3-9(22)10(23)5-7/h1-5,12,14,16-18,20-23,25-28H,6H2/t12-,14-,16-,17+,18+,20-/m1/s1. The number of aliphatic hydroxyl groups is 4. The molecule has 0 bridgehead atoms. The van der Waals surface area contributed by atoms with Gasteiger partial charge in [0, 0.05) is 5.56 Å². The molecule has 4 rings (SSSR count). The lowest BCUT2D eigenvalue weighted by atomic mass is 9.99. The highest BCUT2D eigenvalue weighted by molar-refractivity contribution is 6.06. The van der Waals surface area contributed by atoms with Crippen LogP contribution in [0.1, 0.15) is 22.0 Å². The Morgan fingerprint density at radius 3 is 2.35 bits per heavy atom. The Bertz CT molecular complexity index is 1000. The first-order chi connectivity index (χ1) is 14.7. The number of hydrogen-bond donors (Lipinski definition) is 7. The zero-order chi connectivity index (χ0) is 22.4. The molecule has 11 nitrogen and oxygen atoms in total. The number of benzene rings is 2. The Labute approximate surface area is 174 Å². The second-order valence-corrected chi connectivity index (χ2v) is 7.21. The Kier molecular flexibility index (Phi) is 5.37. The van der Waals surface area contributed by atoms with Gasteiger partial charge in [0.1, 0.15) is 24.4 Å². The maximum Gasteiger partial charge on any atom is 0.229 e. The molecule has 2 heterocycles. The smallest absolute Gasteiger partial charge is 0.229 e. The molecule has 0 amide bonds. The summed E-state index contributed by atoms with van der Waals surface area (Å²) in [4.78, 5) is 12.7. The van der Waals surface area contributed by atoms with E-state index in [0.29, 0.717) is 0 Å². The summed E-state index contributed by atoms with van der Waals surface area (Å²) in [5.41, 5.74) is 0.281. The van der Waals surface area contributed by atoms with Crippen molar-refractivity contribution in [2.75, 3.05) is 6.61 Å². The van der Waals surface area contributed by atoms with Gasteiger partial charge in [0.15, 0.2) is 29.1 Å². The first kappa shape index (κ1) is 21.2. The first-order valence-electron chi connectivity index (χ1n) is 9.28. The maximum atomic E-state index is 12.7. The van der Waals surface area contributed by atoms with Crippen LogP contribution in [0.3, 0.4) is 0 Å². The molecule has 11 heteroatoms. The second kappa shape index (κ2) is 7.87. The Hall–Kier alpha value is -3.09. The molecule has 0 saturated carbocycles. The van der Waals surface area contributed by atoms with E-state index in [1.54, 1.807) is 0 Å². The van der Waals surface area contributed by atoms with Crippen LogP contribution in [-0.2, 0) is 4.74 Å². The van der Waals surface area contributed by atoms with E-state index in [-0.39, 0.29) is 28.4 Å². The van der Waals surface area contributed by atoms with Crippen LogP contribution in [-0.4, -0.2) is 78.8 Å². The number of Topliss-reactive ketones (excluding diaryl/α,β-unsaturated/α-hetero) is 1. The molecule has 0 unspecified atom stereocenters. The molecule has 31 heavy (non-hydrogen) atoms. The summed E-state index contributed by atoms with van der Waals surface area (Å²) < 4.78 is 16.2. The van der Waals surface area contributed by atoms with E-state index >= 15 is 0 Å². The van der Waals surface area contributed by atoms with Crippen LogP contribution in [0.4, 0.5) is 0 Å². The van der Waals surface area contributed by atoms with Crippen LogP contribution in [0.25, 0.3) is 0 Å². The number of aromatic hydroxyl groups is 3. The number of aliphatic hydroxyl groups excluding tert-OH is 4. The molecule has 2 aromatic rings. The third-order valence-corrected chi connectivity index (χ3v) is 5.23. The Morgan fingerprint density at radius 1 is 0.935 bits per heavy atom. The molecule has 166 valence electrons. The van der Waals surface area contributed by atoms with Crippen molar-refractivity contribution < 1.29 is 54.8 Å². The predicted octanol–water partition coefficient (Wildman–Crippen LogP) is -0.702. The number of rotatable bonds is 4. The molecular weight excluding hydrogens is 416 g/mol. The minimum absolute atomic E-state index is 0.0382. The van der Waals surface area contributed by atoms with Crippen molar-refractivity contribution in [3.05, 3.63) is 41.5 Å². The molecule has 1 fully saturated rings. The van der Waals surface area contributed by atoms with Crippen LogP contribution in [0, 0.1) is 0 Å². The lowest BCUT2D eigenvalue weighted by molar-refractivity contribution is -0.277. The third-order valence-electron chi connectivity index (χ3n) is 5.23. The fourth-order valence-corrected chi connectivity index (χ4v) is 3.49. The maximum absolute atomic E-state index is 12.7. The van der Waals surface area contributed by atoms with Gasteiger partial charge in [-0.15, -0.1) is 0 Å². The summed E-state index contributed by atoms with van der Waals surface area (Å²) >= 11 is 0. The van der Waals surface area contributed by atoms with Crippen molar-refractivity contribution >= 4 is 5.78 Å². The van der Waals surface area contributed by atoms with E-state index < -0.39 is 60.7 Å². The summed E-state index contributed by atoms with van der Waals surface area (Å²) in [7, 11) is 0. The topological polar surface area (TPSA) is 186 Å². The Morgan fingerprint density at radius 2 is 1.68 bits per heavy atom.